The molecule has 0 saturated heterocycles. The molecule has 34 heavy (non-hydrogen) atoms. The second-order valence-corrected chi connectivity index (χ2v) is 8.98. The summed E-state index contributed by atoms with van der Waals surface area (Å²) in [6, 6.07) is 24.5. The highest BCUT2D eigenvalue weighted by Gasteiger charge is 2.13. The van der Waals surface area contributed by atoms with Crippen molar-refractivity contribution in [1.29, 1.82) is 0 Å². The van der Waals surface area contributed by atoms with Gasteiger partial charge in [-0.3, -0.25) is 14.4 Å². The normalized spacial score (nSPS) is 10.2. The quantitative estimate of drug-likeness (QED) is 0.389. The number of benzene rings is 3. The molecular weight excluding hydrogens is 424 g/mol. The first-order valence-corrected chi connectivity index (χ1v) is 11.2. The van der Waals surface area contributed by atoms with E-state index in [1.165, 1.54) is 12.7 Å². The summed E-state index contributed by atoms with van der Waals surface area (Å²) in [5, 5.41) is 0. The number of hydrogen-bond acceptors (Lipinski definition) is 4. The van der Waals surface area contributed by atoms with E-state index in [0.717, 1.165) is 16.7 Å². The Hall–Kier alpha value is -3.37. The third kappa shape index (κ3) is 10.1. The van der Waals surface area contributed by atoms with Gasteiger partial charge >= 0.3 is 0 Å². The highest BCUT2D eigenvalue weighted by molar-refractivity contribution is 5.97. The molecule has 0 bridgehead atoms. The highest BCUT2D eigenvalue weighted by Crippen LogP contribution is 2.22. The molecule has 0 aliphatic heterocycles. The molecule has 4 heteroatoms. The molecular formula is C30H36O4. The molecule has 0 N–H and O–H groups in total. The van der Waals surface area contributed by atoms with Crippen LogP contribution in [-0.2, 0) is 10.2 Å². The van der Waals surface area contributed by atoms with E-state index in [9.17, 15) is 14.4 Å². The van der Waals surface area contributed by atoms with Crippen LogP contribution >= 0.6 is 0 Å². The summed E-state index contributed by atoms with van der Waals surface area (Å²) in [7, 11) is 1.51. The van der Waals surface area contributed by atoms with Crippen LogP contribution in [-0.4, -0.2) is 31.1 Å². The summed E-state index contributed by atoms with van der Waals surface area (Å²) >= 11 is 0. The summed E-state index contributed by atoms with van der Waals surface area (Å²) in [4.78, 5) is 33.0. The van der Waals surface area contributed by atoms with Crippen molar-refractivity contribution in [3.05, 3.63) is 107 Å². The minimum atomic E-state index is 0.0214. The van der Waals surface area contributed by atoms with Crippen molar-refractivity contribution in [3.63, 3.8) is 0 Å². The first-order chi connectivity index (χ1) is 16.0. The number of ether oxygens (including phenoxy) is 1. The predicted molar refractivity (Wildman–Crippen MR) is 139 cm³/mol. The molecule has 0 fully saturated rings. The van der Waals surface area contributed by atoms with E-state index < -0.39 is 0 Å². The van der Waals surface area contributed by atoms with Gasteiger partial charge in [0.2, 0.25) is 0 Å². The van der Waals surface area contributed by atoms with E-state index in [1.807, 2.05) is 73.7 Å². The molecule has 0 aromatic heterocycles. The lowest BCUT2D eigenvalue weighted by atomic mass is 9.86. The maximum Gasteiger partial charge on any atom is 0.188 e. The Labute approximate surface area is 204 Å². The van der Waals surface area contributed by atoms with Crippen LogP contribution in [0.15, 0.2) is 78.9 Å². The number of rotatable bonds is 5. The first kappa shape index (κ1) is 28.7. The van der Waals surface area contributed by atoms with Gasteiger partial charge in [-0.05, 0) is 37.3 Å². The molecule has 4 nitrogen and oxygen atoms in total. The molecule has 0 unspecified atom stereocenters. The summed E-state index contributed by atoms with van der Waals surface area (Å²) in [6.45, 7) is 11.8. The lowest BCUT2D eigenvalue weighted by Crippen LogP contribution is -2.10. The smallest absolute Gasteiger partial charge is 0.188 e. The summed E-state index contributed by atoms with van der Waals surface area (Å²) < 4.78 is 4.71. The molecule has 0 aliphatic rings. The van der Waals surface area contributed by atoms with Crippen LogP contribution in [0.4, 0.5) is 0 Å². The molecule has 0 saturated carbocycles. The first-order valence-electron chi connectivity index (χ1n) is 11.2. The Morgan fingerprint density at radius 1 is 0.706 bits per heavy atom. The molecule has 180 valence electrons. The lowest BCUT2D eigenvalue weighted by molar-refractivity contribution is 0.0847. The van der Waals surface area contributed by atoms with Crippen LogP contribution in [0, 0.1) is 6.92 Å². The third-order valence-electron chi connectivity index (χ3n) is 5.05. The van der Waals surface area contributed by atoms with Gasteiger partial charge < -0.3 is 4.74 Å². The zero-order valence-electron chi connectivity index (χ0n) is 21.3. The highest BCUT2D eigenvalue weighted by atomic mass is 16.5. The van der Waals surface area contributed by atoms with Gasteiger partial charge in [0.1, 0.15) is 6.61 Å². The summed E-state index contributed by atoms with van der Waals surface area (Å²) in [6.07, 6.45) is 0. The Morgan fingerprint density at radius 3 is 1.65 bits per heavy atom. The molecule has 3 rings (SSSR count). The maximum atomic E-state index is 11.1. The zero-order chi connectivity index (χ0) is 25.7. The molecule has 0 atom stereocenters. The molecule has 0 aliphatic carbocycles. The summed E-state index contributed by atoms with van der Waals surface area (Å²) in [5.41, 5.74) is 4.78. The summed E-state index contributed by atoms with van der Waals surface area (Å²) in [5.74, 6) is 0.284. The maximum absolute atomic E-state index is 11.1. The molecule has 0 spiro atoms. The van der Waals surface area contributed by atoms with E-state index in [-0.39, 0.29) is 29.4 Å². The van der Waals surface area contributed by atoms with Crippen molar-refractivity contribution in [1.82, 2.24) is 0 Å². The number of carbonyl (C=O) groups excluding carboxylic acids is 3. The fraction of sp³-hybridized carbons (Fsp3) is 0.300. The van der Waals surface area contributed by atoms with E-state index >= 15 is 0 Å². The van der Waals surface area contributed by atoms with Crippen molar-refractivity contribution in [3.8, 4) is 0 Å². The van der Waals surface area contributed by atoms with Crippen molar-refractivity contribution in [2.45, 2.75) is 47.0 Å². The second kappa shape index (κ2) is 14.0. The Morgan fingerprint density at radius 2 is 1.24 bits per heavy atom. The fourth-order valence-corrected chi connectivity index (χ4v) is 3.01. The van der Waals surface area contributed by atoms with E-state index in [2.05, 4.69) is 20.8 Å². The number of aryl methyl sites for hydroxylation is 1. The van der Waals surface area contributed by atoms with Crippen LogP contribution < -0.4 is 0 Å². The van der Waals surface area contributed by atoms with E-state index in [0.29, 0.717) is 5.56 Å². The number of methoxy groups -OCH3 is 1. The largest absolute Gasteiger partial charge is 0.377 e. The molecule has 3 aromatic rings. The van der Waals surface area contributed by atoms with E-state index in [1.54, 1.807) is 26.0 Å². The van der Waals surface area contributed by atoms with Crippen LogP contribution in [0.1, 0.15) is 76.8 Å². The van der Waals surface area contributed by atoms with Gasteiger partial charge in [0, 0.05) is 23.8 Å². The monoisotopic (exact) mass is 460 g/mol. The van der Waals surface area contributed by atoms with Crippen molar-refractivity contribution in [2.75, 3.05) is 13.7 Å². The minimum Gasteiger partial charge on any atom is -0.377 e. The second-order valence-electron chi connectivity index (χ2n) is 8.98. The number of hydrogen-bond donors (Lipinski definition) is 0. The van der Waals surface area contributed by atoms with Crippen LogP contribution in [0.3, 0.4) is 0 Å². The molecule has 0 radical (unpaired) electrons. The number of Topliss-reactive ketones (excluding diaryl/α,β-unsaturated/α-hetero) is 3. The van der Waals surface area contributed by atoms with Crippen LogP contribution in [0.25, 0.3) is 0 Å². The number of ketones is 3. The minimum absolute atomic E-state index is 0.0214. The zero-order valence-corrected chi connectivity index (χ0v) is 21.3. The van der Waals surface area contributed by atoms with E-state index in [4.69, 9.17) is 4.74 Å². The Bertz CT molecular complexity index is 1060. The van der Waals surface area contributed by atoms with Crippen molar-refractivity contribution in [2.24, 2.45) is 0 Å². The Balaban J connectivity index is 0.000000257. The average Bonchev–Trinajstić information content (AvgIpc) is 2.80. The topological polar surface area (TPSA) is 60.4 Å². The van der Waals surface area contributed by atoms with Crippen molar-refractivity contribution < 1.29 is 19.1 Å². The Kier molecular flexibility index (Phi) is 11.8. The van der Waals surface area contributed by atoms with Gasteiger partial charge in [-0.15, -0.1) is 0 Å². The van der Waals surface area contributed by atoms with Gasteiger partial charge in [0.05, 0.1) is 0 Å². The third-order valence-corrected chi connectivity index (χ3v) is 5.05. The van der Waals surface area contributed by atoms with Gasteiger partial charge in [-0.2, -0.15) is 0 Å². The lowest BCUT2D eigenvalue weighted by Gasteiger charge is -2.18. The van der Waals surface area contributed by atoms with Gasteiger partial charge in [-0.1, -0.05) is 99.6 Å². The molecule has 3 aromatic carbocycles. The number of carbonyl (C=O) groups is 3. The van der Waals surface area contributed by atoms with Gasteiger partial charge in [0.25, 0.3) is 0 Å². The molecule has 0 heterocycles. The van der Waals surface area contributed by atoms with Gasteiger partial charge in [-0.25, -0.2) is 0 Å². The average molecular weight is 461 g/mol. The van der Waals surface area contributed by atoms with Crippen molar-refractivity contribution >= 4 is 17.3 Å². The fourth-order valence-electron chi connectivity index (χ4n) is 3.01. The SMILES string of the molecule is CC(=O)c1ccc(C(C)(C)C)cc1.CC(=O)c1ccccc1C.COCC(=O)c1ccccc1. The van der Waals surface area contributed by atoms with Crippen LogP contribution in [0.5, 0.6) is 0 Å². The molecule has 0 amide bonds. The predicted octanol–water partition coefficient (Wildman–Crippen LogP) is 6.90. The van der Waals surface area contributed by atoms with Crippen LogP contribution in [0.2, 0.25) is 0 Å². The standard InChI is InChI=1S/C12H16O.C9H10O2.C9H10O/c1-9(13)10-5-7-11(8-6-10)12(2,3)4;1-11-7-9(10)8-5-3-2-4-6-8;1-7-5-3-4-6-9(7)8(2)10/h5-8H,1-4H3;2-6H,7H2,1H3;3-6H,1-2H3. The van der Waals surface area contributed by atoms with Gasteiger partial charge in [0.15, 0.2) is 17.3 Å².